The van der Waals surface area contributed by atoms with Gasteiger partial charge in [0.15, 0.2) is 0 Å². The maximum atomic E-state index is 16.9. The number of amides is 5. The lowest BCUT2D eigenvalue weighted by Crippen LogP contribution is -2.64. The van der Waals surface area contributed by atoms with Gasteiger partial charge in [0.1, 0.15) is 35.6 Å². The topological polar surface area (TPSA) is 357 Å². The number of aryl methyl sites for hydroxylation is 1. The van der Waals surface area contributed by atoms with Crippen LogP contribution in [-0.2, 0) is 72.3 Å². The molecule has 1 unspecified atom stereocenters. The number of alkyl carbamates (subject to hydrolysis) is 2. The van der Waals surface area contributed by atoms with Crippen LogP contribution in [-0.4, -0.2) is 194 Å². The minimum absolute atomic E-state index is 0.0369. The van der Waals surface area contributed by atoms with E-state index in [0.29, 0.717) is 106 Å². The number of alkyl halides is 8. The Kier molecular flexibility index (Phi) is 26.0. The number of fused-ring (bicyclic) bond motifs is 2. The largest absolute Gasteiger partial charge is 0.524 e. The van der Waals surface area contributed by atoms with Gasteiger partial charge >= 0.3 is 50.8 Å². The first-order chi connectivity index (χ1) is 51.3. The van der Waals surface area contributed by atoms with Crippen molar-refractivity contribution >= 4 is 55.6 Å². The Bertz CT molecular complexity index is 4300. The van der Waals surface area contributed by atoms with Crippen molar-refractivity contribution in [2.45, 2.75) is 173 Å². The summed E-state index contributed by atoms with van der Waals surface area (Å²) < 4.78 is 191. The number of aromatic nitrogens is 4. The zero-order chi connectivity index (χ0) is 80.9. The second-order valence-electron chi connectivity index (χ2n) is 29.2. The molecule has 5 amide bonds. The van der Waals surface area contributed by atoms with Gasteiger partial charge in [-0.3, -0.25) is 44.1 Å². The van der Waals surface area contributed by atoms with Crippen molar-refractivity contribution < 1.29 is 120 Å². The number of ether oxygens (including phenoxy) is 4. The molecule has 3 aromatic carbocycles. The lowest BCUT2D eigenvalue weighted by atomic mass is 9.77. The van der Waals surface area contributed by atoms with E-state index < -0.39 is 188 Å². The zero-order valence-electron chi connectivity index (χ0n) is 60.9. The van der Waals surface area contributed by atoms with E-state index in [0.717, 1.165) is 45.4 Å². The van der Waals surface area contributed by atoms with Crippen molar-refractivity contribution in [3.05, 3.63) is 124 Å². The summed E-state index contributed by atoms with van der Waals surface area (Å²) in [7, 11) is -4.07. The number of hydrogen-bond acceptors (Lipinski definition) is 19. The van der Waals surface area contributed by atoms with Crippen molar-refractivity contribution in [3.8, 4) is 28.8 Å². The number of aliphatic carboxylic acids is 1. The lowest BCUT2D eigenvalue weighted by molar-refractivity contribution is -0.221. The molecule has 4 fully saturated rings. The number of carboxylic acids is 1. The Morgan fingerprint density at radius 3 is 1.84 bits per heavy atom. The summed E-state index contributed by atoms with van der Waals surface area (Å²) in [6.45, 7) is 2.88. The molecule has 5 heterocycles. The van der Waals surface area contributed by atoms with Gasteiger partial charge < -0.3 is 54.7 Å². The Labute approximate surface area is 624 Å². The number of carbonyl (C=O) groups is 7. The van der Waals surface area contributed by atoms with Crippen LogP contribution in [0.2, 0.25) is 0 Å². The van der Waals surface area contributed by atoms with E-state index in [9.17, 15) is 52.2 Å². The molecule has 0 radical (unpaired) electrons. The third kappa shape index (κ3) is 20.5. The number of carbonyl (C=O) groups excluding carboxylic acids is 6. The number of hydrazine groups is 1. The molecule has 110 heavy (non-hydrogen) atoms. The first-order valence-corrected chi connectivity index (χ1v) is 36.0. The van der Waals surface area contributed by atoms with Gasteiger partial charge in [-0.05, 0) is 120 Å². The fourth-order valence-electron chi connectivity index (χ4n) is 13.6. The number of esters is 1. The van der Waals surface area contributed by atoms with Gasteiger partial charge in [-0.2, -0.15) is 40.2 Å². The van der Waals surface area contributed by atoms with Gasteiger partial charge in [-0.15, -0.1) is 0 Å². The maximum absolute atomic E-state index is 16.9. The standard InChI is InChI=1S/C71H83F10N12O16P/c1-37-20-42(27-55(94)84-44-23-43(24-44)62(98)99)57(53(21-37)109-110(102,103)104)67(2,3)28-56(95)108-54(34-91(89-61(97)59(87-66(101)106-9)69(6,7)71(79,80)81)33-48-49(72)25-41(26-50(48)73)51-18-19-92(88-51)63(74)75)52(85-60(96)58(86-65(100)105-8)68(4,5)70(76,77)78)22-39-13-10-38(11-14-39)12-15-40-29-82-64(83-30-40)90-31-45-16-17-46(32-90)93(45)47-35-107-36-47/h10-11,13-14,18-21,25-26,29-30,43-47,52,54,58-59,63H,16-17,22-24,27-28,31-36H2,1-9H3,(H,84,94)(H,85,96)(H,86,100)(H,87,101)(H,89,97)(H,98,99)(H2,102,103,104)/t43?,44?,45-,46?,52-,54-,58+,59+/m0/s1. The summed E-state index contributed by atoms with van der Waals surface area (Å²) in [6.07, 6.45) is -12.7. The molecule has 2 bridgehead atoms. The molecule has 0 spiro atoms. The monoisotopic (exact) mass is 1580 g/mol. The van der Waals surface area contributed by atoms with Gasteiger partial charge in [0.05, 0.1) is 86.9 Å². The number of phosphoric ester groups is 1. The summed E-state index contributed by atoms with van der Waals surface area (Å²) in [5, 5.41) is 22.2. The third-order valence-electron chi connectivity index (χ3n) is 19.9. The Morgan fingerprint density at radius 2 is 1.33 bits per heavy atom. The van der Waals surface area contributed by atoms with E-state index in [1.807, 2.05) is 5.32 Å². The van der Waals surface area contributed by atoms with E-state index in [4.69, 9.17) is 14.0 Å². The number of phosphoric acid groups is 1. The van der Waals surface area contributed by atoms with Crippen LogP contribution in [0, 0.1) is 47.1 Å². The number of hydrogen-bond donors (Lipinski definition) is 8. The molecule has 1 aliphatic carbocycles. The van der Waals surface area contributed by atoms with Crippen molar-refractivity contribution in [2.75, 3.05) is 52.0 Å². The molecule has 9 rings (SSSR count). The van der Waals surface area contributed by atoms with E-state index in [1.165, 1.54) is 63.5 Å². The van der Waals surface area contributed by atoms with Gasteiger partial charge in [-0.25, -0.2) is 42.6 Å². The van der Waals surface area contributed by atoms with Crippen molar-refractivity contribution in [1.29, 1.82) is 0 Å². The van der Waals surface area contributed by atoms with Gasteiger partial charge in [0.25, 0.3) is 5.91 Å². The number of anilines is 1. The fourth-order valence-corrected chi connectivity index (χ4v) is 14.0. The second kappa shape index (κ2) is 33.9. The molecule has 6 atom stereocenters. The van der Waals surface area contributed by atoms with E-state index in [-0.39, 0.29) is 39.8 Å². The average Bonchev–Trinajstić information content (AvgIpc) is 1.19. The number of benzene rings is 3. The number of piperazine rings is 1. The second-order valence-corrected chi connectivity index (χ2v) is 30.4. The number of nitrogens with one attached hydrogen (secondary N) is 5. The SMILES string of the molecule is COC(=O)N[C@H](C(=O)N[C@@H](Cc1ccc(C#Cc2cnc(N3CC4CC[C@@H](C3)N4C3COC3)nc2)cc1)[C@H](CN(Cc1c(F)cc(-c2ccn(C(F)F)n2)cc1F)NC(=O)[C@@H](NC(=O)OC)C(C)(C)C(F)(F)F)OC(=O)CC(C)(C)c1c(CC(=O)NC2CC(C(=O)O)C2)cc(C)cc1OP(=O)(O)O)C(C)(C)C(F)(F)F. The number of halogens is 10. The quantitative estimate of drug-likeness (QED) is 0.00558. The average molecular weight is 1580 g/mol. The molecule has 598 valence electrons. The predicted octanol–water partition coefficient (Wildman–Crippen LogP) is 8.23. The van der Waals surface area contributed by atoms with Gasteiger partial charge in [0, 0.05) is 84.0 Å². The molecule has 3 saturated heterocycles. The van der Waals surface area contributed by atoms with Gasteiger partial charge in [0.2, 0.25) is 17.8 Å². The van der Waals surface area contributed by atoms with Crippen LogP contribution in [0.15, 0.2) is 73.2 Å². The summed E-state index contributed by atoms with van der Waals surface area (Å²) in [6, 6.07) is 3.20. The highest BCUT2D eigenvalue weighted by molar-refractivity contribution is 7.46. The lowest BCUT2D eigenvalue weighted by Gasteiger charge is -2.47. The highest BCUT2D eigenvalue weighted by Crippen LogP contribution is 2.47. The molecule has 8 N–H and O–H groups in total. The minimum atomic E-state index is -5.56. The first-order valence-electron chi connectivity index (χ1n) is 34.5. The Morgan fingerprint density at radius 1 is 0.764 bits per heavy atom. The molecule has 4 aliphatic rings. The van der Waals surface area contributed by atoms with Crippen LogP contribution < -0.4 is 36.1 Å². The van der Waals surface area contributed by atoms with Gasteiger partial charge in [-0.1, -0.05) is 43.9 Å². The summed E-state index contributed by atoms with van der Waals surface area (Å²) in [4.78, 5) is 131. The molecule has 1 saturated carbocycles. The van der Waals surface area contributed by atoms with Crippen LogP contribution in [0.4, 0.5) is 59.4 Å². The van der Waals surface area contributed by atoms with Crippen LogP contribution >= 0.6 is 7.82 Å². The minimum Gasteiger partial charge on any atom is -0.481 e. The molecule has 39 heteroatoms. The van der Waals surface area contributed by atoms with Crippen LogP contribution in [0.25, 0.3) is 11.3 Å². The van der Waals surface area contributed by atoms with Crippen LogP contribution in [0.5, 0.6) is 5.75 Å². The van der Waals surface area contributed by atoms with E-state index >= 15 is 44.7 Å². The van der Waals surface area contributed by atoms with Crippen LogP contribution in [0.3, 0.4) is 0 Å². The molecule has 5 aromatic rings. The highest BCUT2D eigenvalue weighted by Gasteiger charge is 2.58. The number of nitrogens with zero attached hydrogens (tertiary/aromatic N) is 7. The third-order valence-corrected chi connectivity index (χ3v) is 20.4. The summed E-state index contributed by atoms with van der Waals surface area (Å²) in [5.74, 6) is -4.92. The highest BCUT2D eigenvalue weighted by atomic mass is 31.2. The molecular weight excluding hydrogens is 1500 g/mol. The Hall–Kier alpha value is -9.67. The zero-order valence-corrected chi connectivity index (χ0v) is 61.8. The summed E-state index contributed by atoms with van der Waals surface area (Å²) in [5.41, 5.74) is -7.59. The Balaban J connectivity index is 1.16. The smallest absolute Gasteiger partial charge is 0.481 e. The molecule has 3 aliphatic heterocycles. The predicted molar refractivity (Wildman–Crippen MR) is 369 cm³/mol. The maximum Gasteiger partial charge on any atom is 0.524 e. The van der Waals surface area contributed by atoms with E-state index in [1.54, 1.807) is 5.32 Å². The van der Waals surface area contributed by atoms with Crippen LogP contribution in [0.1, 0.15) is 119 Å². The number of methoxy groups -OCH3 is 2. The number of carboxylic acid groups (broad SMARTS) is 1. The normalized spacial score (nSPS) is 18.8. The molecular formula is C71H83F10N12O16P. The first kappa shape index (κ1) is 84.4. The molecule has 28 nitrogen and oxygen atoms in total. The molecule has 2 aromatic heterocycles. The van der Waals surface area contributed by atoms with Crippen molar-refractivity contribution in [2.24, 2.45) is 16.7 Å². The van der Waals surface area contributed by atoms with Crippen molar-refractivity contribution in [1.82, 2.24) is 56.4 Å². The van der Waals surface area contributed by atoms with Crippen molar-refractivity contribution in [3.63, 3.8) is 0 Å². The fraction of sp³-hybridized carbons (Fsp3) is 0.521. The van der Waals surface area contributed by atoms with E-state index in [2.05, 4.69) is 62.2 Å². The summed E-state index contributed by atoms with van der Waals surface area (Å²) >= 11 is 0. The number of rotatable bonds is 29.